The molecule has 0 bridgehead atoms. The highest BCUT2D eigenvalue weighted by atomic mass is 16.5. The van der Waals surface area contributed by atoms with Gasteiger partial charge in [-0.15, -0.1) is 0 Å². The molecule has 0 spiro atoms. The largest absolute Gasteiger partial charge is 0.480 e. The third kappa shape index (κ3) is 24.7. The maximum atomic E-state index is 15.2. The van der Waals surface area contributed by atoms with Crippen LogP contribution in [0, 0.1) is 0 Å². The van der Waals surface area contributed by atoms with Crippen LogP contribution in [0.4, 0.5) is 4.79 Å². The minimum absolute atomic E-state index is 0.0233. The molecule has 0 unspecified atom stereocenters. The van der Waals surface area contributed by atoms with E-state index in [0.29, 0.717) is 94.0 Å². The molecule has 0 saturated carbocycles. The summed E-state index contributed by atoms with van der Waals surface area (Å²) in [5.41, 5.74) is 37.5. The Morgan fingerprint density at radius 1 is 0.345 bits per heavy atom. The van der Waals surface area contributed by atoms with E-state index in [1.807, 2.05) is 121 Å². The summed E-state index contributed by atoms with van der Waals surface area (Å²) in [4.78, 5) is 166. The van der Waals surface area contributed by atoms with Crippen LogP contribution in [0.5, 0.6) is 0 Å². The number of rotatable bonds is 48. The van der Waals surface area contributed by atoms with E-state index in [-0.39, 0.29) is 83.5 Å². The van der Waals surface area contributed by atoms with Crippen LogP contribution >= 0.6 is 0 Å². The van der Waals surface area contributed by atoms with Crippen molar-refractivity contribution in [3.63, 3.8) is 0 Å². The molecule has 31 heteroatoms. The predicted octanol–water partition coefficient (Wildman–Crippen LogP) is 3.42. The summed E-state index contributed by atoms with van der Waals surface area (Å²) >= 11 is 0. The lowest BCUT2D eigenvalue weighted by molar-refractivity contribution is -0.142. The fraction of sp³-hybridized carbons (Fsp3) is 0.427. The lowest BCUT2D eigenvalue weighted by Gasteiger charge is -2.27. The lowest BCUT2D eigenvalue weighted by atomic mass is 9.98. The molecule has 0 fully saturated rings. The second-order valence-electron chi connectivity index (χ2n) is 28.5. The number of nitrogens with one attached hydrogen (secondary N) is 13. The Hall–Kier alpha value is -11.5. The summed E-state index contributed by atoms with van der Waals surface area (Å²) in [6.07, 6.45) is 8.58. The summed E-state index contributed by atoms with van der Waals surface area (Å²) in [7, 11) is 0. The topological polar surface area (TPSA) is 515 Å². The first kappa shape index (κ1) is 85.5. The molecule has 5 aromatic carbocycles. The number of aromatic amines is 3. The molecule has 8 atom stereocenters. The van der Waals surface area contributed by atoms with Crippen LogP contribution < -0.4 is 81.8 Å². The number of H-pyrrole nitrogens is 3. The standard InChI is InChI=1S/C82H108N18O13/c83-36-16-11-31-64(74(103)92-47-72(101)91-48-73(102)93-65(32-12-17-37-84)75(104)97-71(43-52-46-90-63-30-10-7-23-55(52)63)80(109)96-68(81(110)111)35-15-20-40-87)94-78(107)69(41-50-44-88-61-28-8-5-21-53(50)61)98-76(105)66(33-13-18-38-85)95-79(108)70(42-51-45-89-62-29-9-6-22-54(51)62)99-77(106)67(34-14-19-39-86)100-82(112)113-49-60-58-26-3-1-24-56(58)57-25-2-4-27-59(57)60/h1-10,21-30,44-46,60,64-71,88-90H,11-20,31-43,47-49,83-87H2,(H,91,101)(H,92,103)(H,93,102)(H,94,107)(H,95,108)(H,96,109)(H,97,104)(H,98,105)(H,99,106)(H,100,112)(H,110,111)/t64-,65-,66-,67-,68-,69-,70-,71-/m1/s1. The number of hydrogen-bond acceptors (Lipinski definition) is 17. The maximum absolute atomic E-state index is 15.2. The number of nitrogens with two attached hydrogens (primary N) is 5. The number of para-hydroxylation sites is 3. The quantitative estimate of drug-likeness (QED) is 0.0243. The summed E-state index contributed by atoms with van der Waals surface area (Å²) in [6.45, 7) is 0.00411. The zero-order chi connectivity index (χ0) is 80.6. The molecular weight excluding hydrogens is 1450 g/mol. The Kier molecular flexibility index (Phi) is 33.2. The molecule has 3 heterocycles. The van der Waals surface area contributed by atoms with Gasteiger partial charge in [0.15, 0.2) is 0 Å². The number of alkyl carbamates (subject to hydrolysis) is 1. The van der Waals surface area contributed by atoms with E-state index in [4.69, 9.17) is 33.4 Å². The average molecular weight is 1550 g/mol. The molecule has 0 aliphatic heterocycles. The fourth-order valence-electron chi connectivity index (χ4n) is 14.2. The van der Waals surface area contributed by atoms with Gasteiger partial charge in [-0.25, -0.2) is 9.59 Å². The number of carboxylic acid groups (broad SMARTS) is 1. The second-order valence-corrected chi connectivity index (χ2v) is 28.5. The van der Waals surface area contributed by atoms with E-state index in [1.165, 1.54) is 0 Å². The summed E-state index contributed by atoms with van der Waals surface area (Å²) in [5, 5.41) is 39.5. The van der Waals surface area contributed by atoms with Crippen molar-refractivity contribution in [2.75, 3.05) is 52.4 Å². The van der Waals surface area contributed by atoms with Gasteiger partial charge >= 0.3 is 12.1 Å². The number of carboxylic acids is 1. The highest BCUT2D eigenvalue weighted by Crippen LogP contribution is 2.44. The monoisotopic (exact) mass is 1550 g/mol. The molecule has 113 heavy (non-hydrogen) atoms. The average Bonchev–Trinajstić information content (AvgIpc) is 1.62. The first-order valence-corrected chi connectivity index (χ1v) is 39.0. The van der Waals surface area contributed by atoms with Gasteiger partial charge in [0.25, 0.3) is 0 Å². The predicted molar refractivity (Wildman–Crippen MR) is 430 cm³/mol. The Labute approximate surface area is 655 Å². The molecular formula is C82H108N18O13. The van der Waals surface area contributed by atoms with Crippen molar-refractivity contribution in [3.8, 4) is 11.1 Å². The molecule has 24 N–H and O–H groups in total. The van der Waals surface area contributed by atoms with Gasteiger partial charge in [-0.2, -0.15) is 0 Å². The second kappa shape index (κ2) is 43.9. The van der Waals surface area contributed by atoms with E-state index in [1.54, 1.807) is 18.6 Å². The van der Waals surface area contributed by atoms with Crippen molar-refractivity contribution in [2.45, 2.75) is 170 Å². The molecule has 0 radical (unpaired) electrons. The molecule has 31 nitrogen and oxygen atoms in total. The van der Waals surface area contributed by atoms with Gasteiger partial charge in [-0.3, -0.25) is 43.2 Å². The SMILES string of the molecule is NCCCC[C@@H](NC(=O)[C@@H](Cc1c[nH]c2ccccc12)NC(=O)[C@@H](CCCCN)NC(=O)CNC(=O)CNC(=O)[C@@H](CCCCN)NC(=O)[C@@H](Cc1c[nH]c2ccccc12)NC(=O)[C@@H](CCCCN)NC(=O)[C@@H](Cc1c[nH]c2ccccc12)NC(=O)[C@@H](CCCCN)NC(=O)OCC1c2ccccc2-c2ccccc21)C(=O)O. The van der Waals surface area contributed by atoms with Crippen molar-refractivity contribution in [3.05, 3.63) is 168 Å². The van der Waals surface area contributed by atoms with Crippen molar-refractivity contribution in [2.24, 2.45) is 28.7 Å². The van der Waals surface area contributed by atoms with Crippen LogP contribution in [0.25, 0.3) is 43.8 Å². The Bertz CT molecular complexity index is 4490. The van der Waals surface area contributed by atoms with Crippen LogP contribution in [0.15, 0.2) is 140 Å². The summed E-state index contributed by atoms with van der Waals surface area (Å²) in [6, 6.07) is 27.3. The zero-order valence-corrected chi connectivity index (χ0v) is 63.6. The van der Waals surface area contributed by atoms with Gasteiger partial charge in [-0.1, -0.05) is 103 Å². The van der Waals surface area contributed by atoms with Gasteiger partial charge in [0.05, 0.1) is 13.1 Å². The number of amides is 10. The lowest BCUT2D eigenvalue weighted by Crippen LogP contribution is -2.60. The molecule has 10 amide bonds. The van der Waals surface area contributed by atoms with Crippen LogP contribution in [-0.2, 0) is 71.9 Å². The van der Waals surface area contributed by atoms with E-state index in [0.717, 1.165) is 55.0 Å². The molecule has 1 aliphatic carbocycles. The van der Waals surface area contributed by atoms with Crippen LogP contribution in [0.2, 0.25) is 0 Å². The molecule has 1 aliphatic rings. The summed E-state index contributed by atoms with van der Waals surface area (Å²) < 4.78 is 5.89. The number of carbonyl (C=O) groups is 11. The zero-order valence-electron chi connectivity index (χ0n) is 63.6. The molecule has 3 aromatic heterocycles. The first-order chi connectivity index (χ1) is 54.8. The number of carbonyl (C=O) groups excluding carboxylic acids is 10. The Morgan fingerprint density at radius 2 is 0.655 bits per heavy atom. The third-order valence-corrected chi connectivity index (χ3v) is 20.3. The summed E-state index contributed by atoms with van der Waals surface area (Å²) in [5.74, 6) is -8.58. The van der Waals surface area contributed by atoms with Gasteiger partial charge in [0.1, 0.15) is 54.9 Å². The number of fused-ring (bicyclic) bond motifs is 6. The van der Waals surface area contributed by atoms with Crippen LogP contribution in [0.3, 0.4) is 0 Å². The van der Waals surface area contributed by atoms with Crippen LogP contribution in [0.1, 0.15) is 130 Å². The number of benzene rings is 5. The van der Waals surface area contributed by atoms with E-state index in [2.05, 4.69) is 68.1 Å². The fourth-order valence-corrected chi connectivity index (χ4v) is 14.2. The first-order valence-electron chi connectivity index (χ1n) is 39.0. The minimum Gasteiger partial charge on any atom is -0.480 e. The van der Waals surface area contributed by atoms with Crippen molar-refractivity contribution >= 4 is 97.9 Å². The maximum Gasteiger partial charge on any atom is 0.407 e. The van der Waals surface area contributed by atoms with E-state index >= 15 is 14.4 Å². The van der Waals surface area contributed by atoms with Gasteiger partial charge in [0, 0.05) is 76.5 Å². The number of aliphatic carboxylic acids is 1. The van der Waals surface area contributed by atoms with Crippen LogP contribution in [-0.4, -0.2) is 186 Å². The van der Waals surface area contributed by atoms with Gasteiger partial charge < -0.3 is 107 Å². The smallest absolute Gasteiger partial charge is 0.407 e. The van der Waals surface area contributed by atoms with E-state index in [9.17, 15) is 43.5 Å². The minimum atomic E-state index is -1.42. The number of ether oxygens (including phenoxy) is 1. The van der Waals surface area contributed by atoms with Crippen molar-refractivity contribution < 1.29 is 62.6 Å². The van der Waals surface area contributed by atoms with Gasteiger partial charge in [-0.05, 0) is 186 Å². The third-order valence-electron chi connectivity index (χ3n) is 20.3. The molecule has 0 saturated heterocycles. The normalized spacial score (nSPS) is 13.8. The Morgan fingerprint density at radius 3 is 1.04 bits per heavy atom. The van der Waals surface area contributed by atoms with Crippen molar-refractivity contribution in [1.29, 1.82) is 0 Å². The van der Waals surface area contributed by atoms with Gasteiger partial charge in [0.2, 0.25) is 53.2 Å². The molecule has 604 valence electrons. The highest BCUT2D eigenvalue weighted by Gasteiger charge is 2.37. The van der Waals surface area contributed by atoms with E-state index < -0.39 is 127 Å². The Balaban J connectivity index is 0.880. The van der Waals surface area contributed by atoms with Crippen molar-refractivity contribution in [1.82, 2.24) is 68.1 Å². The molecule has 9 rings (SSSR count). The molecule has 8 aromatic rings. The highest BCUT2D eigenvalue weighted by molar-refractivity contribution is 5.99. The number of hydrogen-bond donors (Lipinski definition) is 19. The number of unbranched alkanes of at least 4 members (excludes halogenated alkanes) is 5. The number of aromatic nitrogens is 3.